The fraction of sp³-hybridized carbons (Fsp3) is 0.500. The second-order valence-corrected chi connectivity index (χ2v) is 9.00. The summed E-state index contributed by atoms with van der Waals surface area (Å²) in [5, 5.41) is 0. The van der Waals surface area contributed by atoms with Crippen LogP contribution in [0.3, 0.4) is 0 Å². The number of thioether (sulfide) groups is 1. The maximum Gasteiger partial charge on any atom is 0.337 e. The molecule has 0 spiro atoms. The van der Waals surface area contributed by atoms with Gasteiger partial charge in [-0.15, -0.1) is 11.8 Å². The van der Waals surface area contributed by atoms with Gasteiger partial charge >= 0.3 is 5.97 Å². The molecule has 0 aromatic heterocycles. The smallest absolute Gasteiger partial charge is 0.337 e. The third-order valence-corrected chi connectivity index (χ3v) is 7.46. The number of ether oxygens (including phenoxy) is 1. The maximum absolute atomic E-state index is 13.0. The number of carbonyl (C=O) groups is 2. The summed E-state index contributed by atoms with van der Waals surface area (Å²) < 4.78 is 31.9. The molecule has 2 aliphatic rings. The highest BCUT2D eigenvalue weighted by atomic mass is 32.2. The SMILES string of the molecule is COC(=O)c1cccc(S(=O)(=O)N2CSC[C@@H]2C(=O)N(C)C2CC2)c1. The molecule has 1 aromatic carbocycles. The molecule has 9 heteroatoms. The van der Waals surface area contributed by atoms with Crippen molar-refractivity contribution in [2.75, 3.05) is 25.8 Å². The molecule has 0 bridgehead atoms. The van der Waals surface area contributed by atoms with Crippen LogP contribution >= 0.6 is 11.8 Å². The van der Waals surface area contributed by atoms with E-state index >= 15 is 0 Å². The normalized spacial score (nSPS) is 21.1. The zero-order valence-electron chi connectivity index (χ0n) is 14.0. The molecule has 25 heavy (non-hydrogen) atoms. The summed E-state index contributed by atoms with van der Waals surface area (Å²) in [4.78, 5) is 26.0. The molecular formula is C16H20N2O5S2. The van der Waals surface area contributed by atoms with E-state index < -0.39 is 22.0 Å². The van der Waals surface area contributed by atoms with Crippen LogP contribution in [0.5, 0.6) is 0 Å². The third kappa shape index (κ3) is 3.54. The molecule has 0 radical (unpaired) electrons. The summed E-state index contributed by atoms with van der Waals surface area (Å²) in [5.74, 6) is -0.111. The average Bonchev–Trinajstić information content (AvgIpc) is 3.35. The summed E-state index contributed by atoms with van der Waals surface area (Å²) in [6.45, 7) is 0. The minimum Gasteiger partial charge on any atom is -0.465 e. The quantitative estimate of drug-likeness (QED) is 0.709. The average molecular weight is 384 g/mol. The number of nitrogens with zero attached hydrogens (tertiary/aromatic N) is 2. The Morgan fingerprint density at radius 2 is 2.04 bits per heavy atom. The number of benzene rings is 1. The van der Waals surface area contributed by atoms with Crippen molar-refractivity contribution in [1.29, 1.82) is 0 Å². The summed E-state index contributed by atoms with van der Waals surface area (Å²) in [7, 11) is -0.912. The van der Waals surface area contributed by atoms with E-state index in [9.17, 15) is 18.0 Å². The van der Waals surface area contributed by atoms with E-state index in [4.69, 9.17) is 0 Å². The molecule has 0 N–H and O–H groups in total. The Bertz CT molecular complexity index is 791. The molecule has 2 fully saturated rings. The van der Waals surface area contributed by atoms with Crippen molar-refractivity contribution in [3.8, 4) is 0 Å². The summed E-state index contributed by atoms with van der Waals surface area (Å²) in [6.07, 6.45) is 1.94. The van der Waals surface area contributed by atoms with Gasteiger partial charge in [-0.1, -0.05) is 6.07 Å². The van der Waals surface area contributed by atoms with Crippen molar-refractivity contribution < 1.29 is 22.7 Å². The lowest BCUT2D eigenvalue weighted by Gasteiger charge is -2.26. The molecule has 3 rings (SSSR count). The number of hydrogen-bond acceptors (Lipinski definition) is 6. The number of rotatable bonds is 5. The molecule has 1 saturated carbocycles. The van der Waals surface area contributed by atoms with Crippen molar-refractivity contribution in [1.82, 2.24) is 9.21 Å². The van der Waals surface area contributed by atoms with Gasteiger partial charge in [0.15, 0.2) is 0 Å². The van der Waals surface area contributed by atoms with E-state index in [0.717, 1.165) is 12.8 Å². The fourth-order valence-electron chi connectivity index (χ4n) is 2.77. The number of likely N-dealkylation sites (N-methyl/N-ethyl adjacent to an activating group) is 1. The minimum atomic E-state index is -3.88. The van der Waals surface area contributed by atoms with Gasteiger partial charge in [0.05, 0.1) is 23.4 Å². The Morgan fingerprint density at radius 1 is 1.32 bits per heavy atom. The Balaban J connectivity index is 1.88. The first-order valence-electron chi connectivity index (χ1n) is 7.91. The van der Waals surface area contributed by atoms with Crippen molar-refractivity contribution in [2.45, 2.75) is 29.8 Å². The first-order valence-corrected chi connectivity index (χ1v) is 10.5. The van der Waals surface area contributed by atoms with Crippen molar-refractivity contribution in [2.24, 2.45) is 0 Å². The first kappa shape index (κ1) is 18.2. The van der Waals surface area contributed by atoms with Crippen LogP contribution in [0.2, 0.25) is 0 Å². The predicted molar refractivity (Wildman–Crippen MR) is 93.7 cm³/mol. The van der Waals surface area contributed by atoms with E-state index in [0.29, 0.717) is 5.75 Å². The summed E-state index contributed by atoms with van der Waals surface area (Å²) in [6, 6.07) is 5.23. The van der Waals surface area contributed by atoms with Crippen molar-refractivity contribution >= 4 is 33.7 Å². The Labute approximate surface area is 151 Å². The number of methoxy groups -OCH3 is 1. The molecule has 1 atom stereocenters. The van der Waals surface area contributed by atoms with Gasteiger partial charge in [-0.25, -0.2) is 13.2 Å². The van der Waals surface area contributed by atoms with Gasteiger partial charge in [0.25, 0.3) is 0 Å². The largest absolute Gasteiger partial charge is 0.465 e. The molecular weight excluding hydrogens is 364 g/mol. The van der Waals surface area contributed by atoms with Crippen LogP contribution < -0.4 is 0 Å². The van der Waals surface area contributed by atoms with Gasteiger partial charge in [0.2, 0.25) is 15.9 Å². The standard InChI is InChI=1S/C16H20N2O5S2/c1-17(12-6-7-12)15(19)14-9-24-10-18(14)25(21,22)13-5-3-4-11(8-13)16(20)23-2/h3-5,8,12,14H,6-7,9-10H2,1-2H3/t14-/m1/s1. The Kier molecular flexibility index (Phi) is 5.08. The lowest BCUT2D eigenvalue weighted by molar-refractivity contribution is -0.133. The summed E-state index contributed by atoms with van der Waals surface area (Å²) in [5.41, 5.74) is 0.161. The van der Waals surface area contributed by atoms with Crippen LogP contribution in [0.15, 0.2) is 29.2 Å². The van der Waals surface area contributed by atoms with Gasteiger partial charge in [-0.2, -0.15) is 4.31 Å². The molecule has 1 aliphatic heterocycles. The van der Waals surface area contributed by atoms with Crippen LogP contribution in [0.4, 0.5) is 0 Å². The second-order valence-electron chi connectivity index (χ2n) is 6.11. The second kappa shape index (κ2) is 6.97. The van der Waals surface area contributed by atoms with E-state index in [-0.39, 0.29) is 28.3 Å². The number of sulfonamides is 1. The van der Waals surface area contributed by atoms with E-state index in [1.807, 2.05) is 0 Å². The topological polar surface area (TPSA) is 84.0 Å². The molecule has 1 amide bonds. The Hall–Kier alpha value is -1.58. The number of esters is 1. The van der Waals surface area contributed by atoms with Crippen molar-refractivity contribution in [3.05, 3.63) is 29.8 Å². The van der Waals surface area contributed by atoms with E-state index in [1.165, 1.54) is 47.4 Å². The fourth-order valence-corrected chi connectivity index (χ4v) is 5.95. The first-order chi connectivity index (χ1) is 11.9. The minimum absolute atomic E-state index is 0.00947. The van der Waals surface area contributed by atoms with Crippen LogP contribution in [-0.4, -0.2) is 67.4 Å². The van der Waals surface area contributed by atoms with Crippen LogP contribution in [-0.2, 0) is 19.6 Å². The van der Waals surface area contributed by atoms with Crippen LogP contribution in [0.25, 0.3) is 0 Å². The molecule has 1 saturated heterocycles. The molecule has 7 nitrogen and oxygen atoms in total. The highest BCUT2D eigenvalue weighted by molar-refractivity contribution is 8.00. The lowest BCUT2D eigenvalue weighted by Crippen LogP contribution is -2.48. The van der Waals surface area contributed by atoms with Gasteiger partial charge in [0.1, 0.15) is 6.04 Å². The number of hydrogen-bond donors (Lipinski definition) is 0. The zero-order valence-corrected chi connectivity index (χ0v) is 15.7. The molecule has 136 valence electrons. The molecule has 1 heterocycles. The van der Waals surface area contributed by atoms with Crippen LogP contribution in [0, 0.1) is 0 Å². The van der Waals surface area contributed by atoms with E-state index in [2.05, 4.69) is 4.74 Å². The maximum atomic E-state index is 13.0. The predicted octanol–water partition coefficient (Wildman–Crippen LogP) is 1.16. The van der Waals surface area contributed by atoms with Gasteiger partial charge < -0.3 is 9.64 Å². The van der Waals surface area contributed by atoms with Gasteiger partial charge in [0, 0.05) is 18.8 Å². The monoisotopic (exact) mass is 384 g/mol. The number of carbonyl (C=O) groups excluding carboxylic acids is 2. The molecule has 1 aromatic rings. The Morgan fingerprint density at radius 3 is 2.68 bits per heavy atom. The van der Waals surface area contributed by atoms with Gasteiger partial charge in [-0.3, -0.25) is 4.79 Å². The summed E-state index contributed by atoms with van der Waals surface area (Å²) >= 11 is 1.41. The third-order valence-electron chi connectivity index (χ3n) is 4.43. The highest BCUT2D eigenvalue weighted by Crippen LogP contribution is 2.32. The van der Waals surface area contributed by atoms with Crippen LogP contribution in [0.1, 0.15) is 23.2 Å². The van der Waals surface area contributed by atoms with Gasteiger partial charge in [-0.05, 0) is 31.0 Å². The highest BCUT2D eigenvalue weighted by Gasteiger charge is 2.43. The molecule has 1 aliphatic carbocycles. The zero-order chi connectivity index (χ0) is 18.2. The lowest BCUT2D eigenvalue weighted by atomic mass is 10.2. The van der Waals surface area contributed by atoms with E-state index in [1.54, 1.807) is 11.9 Å². The molecule has 0 unspecified atom stereocenters. The number of amides is 1. The van der Waals surface area contributed by atoms with Crippen molar-refractivity contribution in [3.63, 3.8) is 0 Å².